The van der Waals surface area contributed by atoms with E-state index in [1.807, 2.05) is 6.92 Å². The van der Waals surface area contributed by atoms with Crippen LogP contribution in [0.25, 0.3) is 0 Å². The Balaban J connectivity index is 0. The molecule has 0 unspecified atom stereocenters. The highest BCUT2D eigenvalue weighted by molar-refractivity contribution is 9.09. The zero-order valence-corrected chi connectivity index (χ0v) is 6.61. The van der Waals surface area contributed by atoms with Crippen LogP contribution in [0.3, 0.4) is 0 Å². The maximum Gasteiger partial charge on any atom is 0.394 e. The lowest BCUT2D eigenvalue weighted by Gasteiger charge is -1.68. The fourth-order valence-electron chi connectivity index (χ4n) is 0. The summed E-state index contributed by atoms with van der Waals surface area (Å²) in [5.74, 6) is 0. The lowest BCUT2D eigenvalue weighted by molar-refractivity contribution is 0.381. The van der Waals surface area contributed by atoms with Crippen molar-refractivity contribution in [2.75, 3.05) is 5.33 Å². The first-order valence-corrected chi connectivity index (χ1v) is 4.19. The molecule has 0 rings (SSSR count). The zero-order chi connectivity index (χ0) is 7.21. The molecule has 0 heterocycles. The summed E-state index contributed by atoms with van der Waals surface area (Å²) >= 11 is 3.15. The number of alkyl halides is 1. The Bertz CT molecular complexity index is 108. The Labute approximate surface area is 56.6 Å². The molecule has 0 radical (unpaired) electrons. The van der Waals surface area contributed by atoms with Crippen LogP contribution in [0, 0.1) is 0 Å². The highest BCUT2D eigenvalue weighted by Crippen LogP contribution is 1.67. The fraction of sp³-hybridized carbons (Fsp3) is 1.00. The standard InChI is InChI=1S/C2H5Br.H2O4S/c1-2-3;1-5(2,3)4/h2H2,1H3;(H2,1,2,3,4). The predicted octanol–water partition coefficient (Wildman–Crippen LogP) is 0.748. The molecule has 0 atom stereocenters. The number of hydrogen-bond acceptors (Lipinski definition) is 2. The largest absolute Gasteiger partial charge is 0.394 e. The van der Waals surface area contributed by atoms with Crippen molar-refractivity contribution in [1.29, 1.82) is 0 Å². The van der Waals surface area contributed by atoms with E-state index in [4.69, 9.17) is 17.5 Å². The van der Waals surface area contributed by atoms with Crippen LogP contribution in [0.15, 0.2) is 0 Å². The molecule has 52 valence electrons. The van der Waals surface area contributed by atoms with Crippen molar-refractivity contribution in [3.05, 3.63) is 0 Å². The van der Waals surface area contributed by atoms with Crippen molar-refractivity contribution in [3.63, 3.8) is 0 Å². The van der Waals surface area contributed by atoms with E-state index < -0.39 is 10.4 Å². The summed E-state index contributed by atoms with van der Waals surface area (Å²) in [6.07, 6.45) is 0. The molecule has 0 amide bonds. The Kier molecular flexibility index (Phi) is 7.67. The molecule has 0 aromatic carbocycles. The van der Waals surface area contributed by atoms with Crippen molar-refractivity contribution >= 4 is 26.3 Å². The summed E-state index contributed by atoms with van der Waals surface area (Å²) in [4.78, 5) is 0. The van der Waals surface area contributed by atoms with Crippen LogP contribution >= 0.6 is 15.9 Å². The summed E-state index contributed by atoms with van der Waals surface area (Å²) in [6.45, 7) is 2.04. The molecule has 0 fully saturated rings. The maximum absolute atomic E-state index is 8.74. The monoisotopic (exact) mass is 206 g/mol. The van der Waals surface area contributed by atoms with Crippen LogP contribution in [0.4, 0.5) is 0 Å². The lowest BCUT2D eigenvalue weighted by atomic mass is 11.0. The summed E-state index contributed by atoms with van der Waals surface area (Å²) in [5, 5.41) is 1.06. The van der Waals surface area contributed by atoms with Gasteiger partial charge in [0.15, 0.2) is 0 Å². The summed E-state index contributed by atoms with van der Waals surface area (Å²) in [7, 11) is -4.67. The third kappa shape index (κ3) is 1480. The van der Waals surface area contributed by atoms with E-state index in [0.29, 0.717) is 0 Å². The molecule has 0 aromatic rings. The van der Waals surface area contributed by atoms with Gasteiger partial charge in [0, 0.05) is 5.33 Å². The van der Waals surface area contributed by atoms with E-state index >= 15 is 0 Å². The van der Waals surface area contributed by atoms with Gasteiger partial charge in [-0.15, -0.1) is 0 Å². The van der Waals surface area contributed by atoms with Gasteiger partial charge in [-0.2, -0.15) is 8.42 Å². The molecule has 8 heavy (non-hydrogen) atoms. The summed E-state index contributed by atoms with van der Waals surface area (Å²) < 4.78 is 31.6. The van der Waals surface area contributed by atoms with E-state index in [0.717, 1.165) is 5.33 Å². The third-order valence-corrected chi connectivity index (χ3v) is 0. The summed E-state index contributed by atoms with van der Waals surface area (Å²) in [6, 6.07) is 0. The van der Waals surface area contributed by atoms with Gasteiger partial charge in [-0.1, -0.05) is 22.9 Å². The molecule has 0 saturated carbocycles. The number of hydrogen-bond donors (Lipinski definition) is 2. The van der Waals surface area contributed by atoms with Crippen molar-refractivity contribution < 1.29 is 17.5 Å². The molecule has 2 N–H and O–H groups in total. The SMILES string of the molecule is CCBr.O=S(=O)(O)O. The van der Waals surface area contributed by atoms with Gasteiger partial charge in [0.05, 0.1) is 0 Å². The van der Waals surface area contributed by atoms with E-state index in [1.165, 1.54) is 0 Å². The highest BCUT2D eigenvalue weighted by atomic mass is 79.9. The minimum Gasteiger partial charge on any atom is -0.264 e. The van der Waals surface area contributed by atoms with Crippen LogP contribution in [0.2, 0.25) is 0 Å². The molecule has 6 heteroatoms. The van der Waals surface area contributed by atoms with Crippen molar-refractivity contribution in [2.24, 2.45) is 0 Å². The molecule has 0 aromatic heterocycles. The van der Waals surface area contributed by atoms with Gasteiger partial charge in [0.2, 0.25) is 0 Å². The van der Waals surface area contributed by atoms with Crippen LogP contribution < -0.4 is 0 Å². The van der Waals surface area contributed by atoms with Gasteiger partial charge >= 0.3 is 10.4 Å². The minimum atomic E-state index is -4.67. The second-order valence-electron chi connectivity index (χ2n) is 0.715. The Morgan fingerprint density at radius 2 is 1.50 bits per heavy atom. The van der Waals surface area contributed by atoms with E-state index in [9.17, 15) is 0 Å². The lowest BCUT2D eigenvalue weighted by Crippen LogP contribution is -1.89. The molecule has 0 aliphatic carbocycles. The maximum atomic E-state index is 8.74. The third-order valence-electron chi connectivity index (χ3n) is 0. The Hall–Kier alpha value is 0.350. The zero-order valence-electron chi connectivity index (χ0n) is 4.20. The van der Waals surface area contributed by atoms with Gasteiger partial charge < -0.3 is 0 Å². The number of rotatable bonds is 0. The molecule has 0 aliphatic rings. The van der Waals surface area contributed by atoms with Gasteiger partial charge in [-0.3, -0.25) is 9.11 Å². The van der Waals surface area contributed by atoms with E-state index in [1.54, 1.807) is 0 Å². The smallest absolute Gasteiger partial charge is 0.264 e. The molecule has 4 nitrogen and oxygen atoms in total. The molecule has 0 saturated heterocycles. The first kappa shape index (κ1) is 11.2. The van der Waals surface area contributed by atoms with Gasteiger partial charge in [-0.25, -0.2) is 0 Å². The van der Waals surface area contributed by atoms with Crippen LogP contribution in [0.5, 0.6) is 0 Å². The van der Waals surface area contributed by atoms with Crippen molar-refractivity contribution in [2.45, 2.75) is 6.92 Å². The Morgan fingerprint density at radius 3 is 1.50 bits per heavy atom. The Morgan fingerprint density at radius 1 is 1.50 bits per heavy atom. The van der Waals surface area contributed by atoms with Gasteiger partial charge in [-0.05, 0) is 0 Å². The van der Waals surface area contributed by atoms with E-state index in [2.05, 4.69) is 15.9 Å². The molecule has 0 spiro atoms. The highest BCUT2D eigenvalue weighted by Gasteiger charge is 1.84. The minimum absolute atomic E-state index is 1.06. The average molecular weight is 207 g/mol. The normalized spacial score (nSPS) is 9.50. The second kappa shape index (κ2) is 5.49. The number of halogens is 1. The second-order valence-corrected chi connectivity index (χ2v) is 2.73. The van der Waals surface area contributed by atoms with Gasteiger partial charge in [0.25, 0.3) is 0 Å². The average Bonchev–Trinajstić information content (AvgIpc) is 1.27. The van der Waals surface area contributed by atoms with Crippen LogP contribution in [0.1, 0.15) is 6.92 Å². The predicted molar refractivity (Wildman–Crippen MR) is 33.6 cm³/mol. The molecule has 0 aliphatic heterocycles. The van der Waals surface area contributed by atoms with Crippen LogP contribution in [-0.2, 0) is 10.4 Å². The summed E-state index contributed by atoms with van der Waals surface area (Å²) in [5.41, 5.74) is 0. The molecular weight excluding hydrogens is 200 g/mol. The van der Waals surface area contributed by atoms with Gasteiger partial charge in [0.1, 0.15) is 0 Å². The fourth-order valence-corrected chi connectivity index (χ4v) is 0. The van der Waals surface area contributed by atoms with Crippen LogP contribution in [-0.4, -0.2) is 22.9 Å². The quantitative estimate of drug-likeness (QED) is 0.454. The first-order valence-electron chi connectivity index (χ1n) is 1.67. The van der Waals surface area contributed by atoms with Crippen molar-refractivity contribution in [1.82, 2.24) is 0 Å². The molecular formula is C2H7BrO4S. The van der Waals surface area contributed by atoms with E-state index in [-0.39, 0.29) is 0 Å². The van der Waals surface area contributed by atoms with Crippen molar-refractivity contribution in [3.8, 4) is 0 Å². The topological polar surface area (TPSA) is 74.6 Å². The first-order chi connectivity index (χ1) is 3.41. The molecule has 0 bridgehead atoms.